The van der Waals surface area contributed by atoms with Crippen LogP contribution in [0.3, 0.4) is 0 Å². The number of rotatable bonds is 6. The van der Waals surface area contributed by atoms with Crippen LogP contribution < -0.4 is 10.2 Å². The lowest BCUT2D eigenvalue weighted by Gasteiger charge is -2.28. The number of furan rings is 1. The molecule has 1 aliphatic rings. The molecule has 184 valence electrons. The van der Waals surface area contributed by atoms with Crippen molar-refractivity contribution in [3.05, 3.63) is 103 Å². The summed E-state index contributed by atoms with van der Waals surface area (Å²) in [5, 5.41) is 8.73. The van der Waals surface area contributed by atoms with E-state index in [2.05, 4.69) is 10.2 Å². The van der Waals surface area contributed by atoms with Gasteiger partial charge in [0.1, 0.15) is 11.3 Å². The van der Waals surface area contributed by atoms with Gasteiger partial charge in [-0.05, 0) is 54.6 Å². The van der Waals surface area contributed by atoms with Crippen LogP contribution in [0.2, 0.25) is 0 Å². The van der Waals surface area contributed by atoms with Crippen molar-refractivity contribution in [3.63, 3.8) is 0 Å². The third-order valence-corrected chi connectivity index (χ3v) is 6.35. The van der Waals surface area contributed by atoms with Crippen LogP contribution in [-0.4, -0.2) is 42.0 Å². The molecule has 1 saturated heterocycles. The minimum absolute atomic E-state index is 0.220. The van der Waals surface area contributed by atoms with Crippen molar-refractivity contribution >= 4 is 34.3 Å². The van der Waals surface area contributed by atoms with Crippen LogP contribution in [0.15, 0.2) is 102 Å². The highest BCUT2D eigenvalue weighted by Crippen LogP contribution is 2.30. The van der Waals surface area contributed by atoms with Crippen molar-refractivity contribution in [1.29, 1.82) is 0 Å². The van der Waals surface area contributed by atoms with E-state index in [0.717, 1.165) is 59.9 Å². The van der Waals surface area contributed by atoms with Gasteiger partial charge in [0, 0.05) is 47.7 Å². The van der Waals surface area contributed by atoms with Crippen molar-refractivity contribution in [3.8, 4) is 17.1 Å². The third kappa shape index (κ3) is 5.03. The van der Waals surface area contributed by atoms with Gasteiger partial charge in [0.15, 0.2) is 5.76 Å². The molecule has 1 N–H and O–H groups in total. The van der Waals surface area contributed by atoms with E-state index >= 15 is 0 Å². The maximum absolute atomic E-state index is 12.8. The molecule has 7 heteroatoms. The Bertz CT molecular complexity index is 1510. The minimum Gasteiger partial charge on any atom is -0.454 e. The molecule has 1 amide bonds. The number of fused-ring (bicyclic) bond motifs is 1. The van der Waals surface area contributed by atoms with E-state index in [0.29, 0.717) is 11.5 Å². The van der Waals surface area contributed by atoms with Crippen molar-refractivity contribution < 1.29 is 13.9 Å². The normalized spacial score (nSPS) is 13.9. The van der Waals surface area contributed by atoms with Crippen molar-refractivity contribution in [2.45, 2.75) is 0 Å². The van der Waals surface area contributed by atoms with Gasteiger partial charge in [-0.2, -0.15) is 5.10 Å². The van der Waals surface area contributed by atoms with Crippen molar-refractivity contribution in [2.75, 3.05) is 36.5 Å². The Labute approximate surface area is 214 Å². The number of ether oxygens (including phenoxy) is 1. The summed E-state index contributed by atoms with van der Waals surface area (Å²) in [6, 6.07) is 27.6. The fourth-order valence-corrected chi connectivity index (χ4v) is 4.44. The smallest absolute Gasteiger partial charge is 0.248 e. The molecule has 0 atom stereocenters. The standard InChI is InChI=1S/C30H26N4O3/c35-29(31-24-11-13-25(14-12-24)33-16-18-36-19-17-33)15-10-23-21-34(26-7-2-1-3-8-26)32-30(23)28-20-22-6-4-5-9-27(22)37-28/h1-15,20-21H,16-19H2,(H,31,35)/b15-10+. The monoisotopic (exact) mass is 490 g/mol. The van der Waals surface area contributed by atoms with Crippen molar-refractivity contribution in [1.82, 2.24) is 9.78 Å². The summed E-state index contributed by atoms with van der Waals surface area (Å²) < 4.78 is 13.3. The zero-order valence-electron chi connectivity index (χ0n) is 20.2. The average Bonchev–Trinajstić information content (AvgIpc) is 3.58. The van der Waals surface area contributed by atoms with Crippen LogP contribution in [0.1, 0.15) is 5.56 Å². The quantitative estimate of drug-likeness (QED) is 0.306. The largest absolute Gasteiger partial charge is 0.454 e. The molecule has 6 rings (SSSR count). The predicted octanol–water partition coefficient (Wildman–Crippen LogP) is 5.77. The Morgan fingerprint density at radius 2 is 1.65 bits per heavy atom. The second-order valence-electron chi connectivity index (χ2n) is 8.83. The summed E-state index contributed by atoms with van der Waals surface area (Å²) >= 11 is 0. The lowest BCUT2D eigenvalue weighted by atomic mass is 10.1. The van der Waals surface area contributed by atoms with Gasteiger partial charge < -0.3 is 19.4 Å². The summed E-state index contributed by atoms with van der Waals surface area (Å²) in [5.41, 5.74) is 5.02. The van der Waals surface area contributed by atoms with Crippen LogP contribution in [0.25, 0.3) is 34.2 Å². The number of carbonyl (C=O) groups is 1. The highest BCUT2D eigenvalue weighted by atomic mass is 16.5. The topological polar surface area (TPSA) is 72.5 Å². The van der Waals surface area contributed by atoms with Crippen LogP contribution in [0.5, 0.6) is 0 Å². The van der Waals surface area contributed by atoms with E-state index in [4.69, 9.17) is 14.3 Å². The van der Waals surface area contributed by atoms with E-state index in [-0.39, 0.29) is 5.91 Å². The van der Waals surface area contributed by atoms with Crippen LogP contribution in [0.4, 0.5) is 11.4 Å². The van der Waals surface area contributed by atoms with E-state index in [1.807, 2.05) is 91.1 Å². The number of morpholine rings is 1. The summed E-state index contributed by atoms with van der Waals surface area (Å²) in [6.45, 7) is 3.22. The first-order valence-electron chi connectivity index (χ1n) is 12.3. The van der Waals surface area contributed by atoms with Gasteiger partial charge in [0.05, 0.1) is 18.9 Å². The number of anilines is 2. The number of hydrogen-bond donors (Lipinski definition) is 1. The summed E-state index contributed by atoms with van der Waals surface area (Å²) in [5.74, 6) is 0.428. The molecule has 2 aromatic heterocycles. The zero-order chi connectivity index (χ0) is 25.0. The molecule has 3 heterocycles. The fourth-order valence-electron chi connectivity index (χ4n) is 4.44. The maximum Gasteiger partial charge on any atom is 0.248 e. The molecule has 1 aliphatic heterocycles. The third-order valence-electron chi connectivity index (χ3n) is 6.35. The Hall–Kier alpha value is -4.62. The molecular weight excluding hydrogens is 464 g/mol. The average molecular weight is 491 g/mol. The van der Waals surface area contributed by atoms with Gasteiger partial charge in [0.25, 0.3) is 0 Å². The molecule has 0 saturated carbocycles. The van der Waals surface area contributed by atoms with Crippen molar-refractivity contribution in [2.24, 2.45) is 0 Å². The molecule has 0 radical (unpaired) electrons. The fraction of sp³-hybridized carbons (Fsp3) is 0.133. The van der Waals surface area contributed by atoms with Gasteiger partial charge in [-0.25, -0.2) is 4.68 Å². The minimum atomic E-state index is -0.220. The molecule has 1 fully saturated rings. The predicted molar refractivity (Wildman–Crippen MR) is 146 cm³/mol. The summed E-state index contributed by atoms with van der Waals surface area (Å²) in [4.78, 5) is 15.0. The van der Waals surface area contributed by atoms with Gasteiger partial charge >= 0.3 is 0 Å². The Morgan fingerprint density at radius 1 is 0.892 bits per heavy atom. The van der Waals surface area contributed by atoms with Gasteiger partial charge in [-0.3, -0.25) is 4.79 Å². The van der Waals surface area contributed by atoms with Gasteiger partial charge in [-0.1, -0.05) is 36.4 Å². The van der Waals surface area contributed by atoms with Gasteiger partial charge in [0.2, 0.25) is 5.91 Å². The first-order valence-corrected chi connectivity index (χ1v) is 12.3. The summed E-state index contributed by atoms with van der Waals surface area (Å²) in [6.07, 6.45) is 5.19. The number of amides is 1. The first kappa shape index (κ1) is 22.8. The lowest BCUT2D eigenvalue weighted by molar-refractivity contribution is -0.111. The SMILES string of the molecule is O=C(/C=C/c1cn(-c2ccccc2)nc1-c1cc2ccccc2o1)Nc1ccc(N2CCOCC2)cc1. The number of para-hydroxylation sites is 2. The Kier molecular flexibility index (Phi) is 6.27. The molecule has 0 bridgehead atoms. The van der Waals surface area contributed by atoms with E-state index < -0.39 is 0 Å². The van der Waals surface area contributed by atoms with Crippen LogP contribution in [-0.2, 0) is 9.53 Å². The Morgan fingerprint density at radius 3 is 2.43 bits per heavy atom. The first-order chi connectivity index (χ1) is 18.2. The number of benzene rings is 3. The molecule has 0 unspecified atom stereocenters. The number of nitrogens with zero attached hydrogens (tertiary/aromatic N) is 3. The molecule has 7 nitrogen and oxygen atoms in total. The van der Waals surface area contributed by atoms with Gasteiger partial charge in [-0.15, -0.1) is 0 Å². The number of carbonyl (C=O) groups excluding carboxylic acids is 1. The maximum atomic E-state index is 12.8. The van der Waals surface area contributed by atoms with Crippen LogP contribution in [0, 0.1) is 0 Å². The van der Waals surface area contributed by atoms with E-state index in [9.17, 15) is 4.79 Å². The molecule has 3 aromatic carbocycles. The number of nitrogens with one attached hydrogen (secondary N) is 1. The summed E-state index contributed by atoms with van der Waals surface area (Å²) in [7, 11) is 0. The van der Waals surface area contributed by atoms with E-state index in [1.54, 1.807) is 10.8 Å². The van der Waals surface area contributed by atoms with E-state index in [1.165, 1.54) is 6.08 Å². The highest BCUT2D eigenvalue weighted by Gasteiger charge is 2.16. The highest BCUT2D eigenvalue weighted by molar-refractivity contribution is 6.02. The Balaban J connectivity index is 1.24. The number of hydrogen-bond acceptors (Lipinski definition) is 5. The molecule has 0 spiro atoms. The van der Waals surface area contributed by atoms with Crippen LogP contribution >= 0.6 is 0 Å². The zero-order valence-corrected chi connectivity index (χ0v) is 20.2. The number of aromatic nitrogens is 2. The second-order valence-corrected chi connectivity index (χ2v) is 8.83. The molecule has 5 aromatic rings. The molecule has 37 heavy (non-hydrogen) atoms. The lowest BCUT2D eigenvalue weighted by Crippen LogP contribution is -2.36. The molecule has 0 aliphatic carbocycles. The molecular formula is C30H26N4O3. The second kappa shape index (κ2) is 10.2.